The molecule has 0 aliphatic carbocycles. The summed E-state index contributed by atoms with van der Waals surface area (Å²) in [5.74, 6) is 0.593. The molecular formula is C19H23N5O2. The summed E-state index contributed by atoms with van der Waals surface area (Å²) >= 11 is 0. The van der Waals surface area contributed by atoms with Gasteiger partial charge in [0.05, 0.1) is 23.4 Å². The maximum atomic E-state index is 12.5. The molecule has 3 rings (SSSR count). The fourth-order valence-electron chi connectivity index (χ4n) is 2.94. The number of anilines is 1. The van der Waals surface area contributed by atoms with Gasteiger partial charge in [0.1, 0.15) is 5.82 Å². The smallest absolute Gasteiger partial charge is 0.261 e. The standard InChI is InChI=1S/C19H23N5O2/c1-13(2)24-16(9-10-21-24)22-17(25)8-5-11-23-12-20-18-14(3)6-4-7-15(18)19(23)26/h4,6-7,9-10,12-13H,5,8,11H2,1-3H3,(H,22,25). The molecule has 0 fully saturated rings. The van der Waals surface area contributed by atoms with Crippen molar-refractivity contribution < 1.29 is 4.79 Å². The third-order valence-electron chi connectivity index (χ3n) is 4.29. The van der Waals surface area contributed by atoms with Crippen molar-refractivity contribution in [2.45, 2.75) is 46.2 Å². The molecule has 0 aliphatic rings. The highest BCUT2D eigenvalue weighted by atomic mass is 16.1. The molecule has 0 atom stereocenters. The normalized spacial score (nSPS) is 11.2. The number of para-hydroxylation sites is 1. The summed E-state index contributed by atoms with van der Waals surface area (Å²) in [5.41, 5.74) is 1.64. The topological polar surface area (TPSA) is 81.8 Å². The van der Waals surface area contributed by atoms with Crippen molar-refractivity contribution in [2.24, 2.45) is 0 Å². The molecule has 0 spiro atoms. The Kier molecular flexibility index (Phi) is 5.16. The van der Waals surface area contributed by atoms with Gasteiger partial charge in [0.15, 0.2) is 0 Å². The maximum Gasteiger partial charge on any atom is 0.261 e. The van der Waals surface area contributed by atoms with Gasteiger partial charge in [-0.3, -0.25) is 14.2 Å². The van der Waals surface area contributed by atoms with E-state index in [4.69, 9.17) is 0 Å². The zero-order valence-electron chi connectivity index (χ0n) is 15.3. The van der Waals surface area contributed by atoms with E-state index in [-0.39, 0.29) is 17.5 Å². The van der Waals surface area contributed by atoms with Crippen molar-refractivity contribution in [3.63, 3.8) is 0 Å². The number of hydrogen-bond donors (Lipinski definition) is 1. The van der Waals surface area contributed by atoms with Gasteiger partial charge in [-0.15, -0.1) is 0 Å². The Balaban J connectivity index is 1.62. The van der Waals surface area contributed by atoms with Crippen LogP contribution in [0.3, 0.4) is 0 Å². The summed E-state index contributed by atoms with van der Waals surface area (Å²) in [5, 5.41) is 7.67. The van der Waals surface area contributed by atoms with Crippen LogP contribution in [0.15, 0.2) is 41.6 Å². The van der Waals surface area contributed by atoms with E-state index in [1.807, 2.05) is 32.9 Å². The summed E-state index contributed by atoms with van der Waals surface area (Å²) < 4.78 is 3.32. The van der Waals surface area contributed by atoms with E-state index in [1.165, 1.54) is 0 Å². The second kappa shape index (κ2) is 7.51. The Bertz CT molecular complexity index is 987. The summed E-state index contributed by atoms with van der Waals surface area (Å²) in [6.45, 7) is 6.39. The van der Waals surface area contributed by atoms with E-state index in [0.717, 1.165) is 11.1 Å². The van der Waals surface area contributed by atoms with E-state index in [2.05, 4.69) is 15.4 Å². The first kappa shape index (κ1) is 17.8. The zero-order chi connectivity index (χ0) is 18.7. The average molecular weight is 353 g/mol. The predicted octanol–water partition coefficient (Wildman–Crippen LogP) is 2.90. The van der Waals surface area contributed by atoms with Crippen LogP contribution in [0.2, 0.25) is 0 Å². The van der Waals surface area contributed by atoms with Gasteiger partial charge in [-0.05, 0) is 38.8 Å². The van der Waals surface area contributed by atoms with Crippen LogP contribution in [0.5, 0.6) is 0 Å². The molecule has 136 valence electrons. The molecule has 2 aromatic heterocycles. The summed E-state index contributed by atoms with van der Waals surface area (Å²) in [7, 11) is 0. The van der Waals surface area contributed by atoms with Gasteiger partial charge in [0, 0.05) is 25.1 Å². The number of nitrogens with one attached hydrogen (secondary N) is 1. The number of carbonyl (C=O) groups is 1. The number of amides is 1. The number of carbonyl (C=O) groups excluding carboxylic acids is 1. The molecule has 2 heterocycles. The minimum absolute atomic E-state index is 0.0722. The van der Waals surface area contributed by atoms with Crippen LogP contribution in [-0.4, -0.2) is 25.2 Å². The van der Waals surface area contributed by atoms with Crippen molar-refractivity contribution in [3.8, 4) is 0 Å². The summed E-state index contributed by atoms with van der Waals surface area (Å²) in [6, 6.07) is 7.53. The number of aromatic nitrogens is 4. The van der Waals surface area contributed by atoms with E-state index >= 15 is 0 Å². The Morgan fingerprint density at radius 1 is 1.27 bits per heavy atom. The van der Waals surface area contributed by atoms with Gasteiger partial charge < -0.3 is 5.32 Å². The van der Waals surface area contributed by atoms with Crippen molar-refractivity contribution in [1.82, 2.24) is 19.3 Å². The minimum Gasteiger partial charge on any atom is -0.311 e. The van der Waals surface area contributed by atoms with Gasteiger partial charge in [0.25, 0.3) is 5.56 Å². The van der Waals surface area contributed by atoms with Crippen LogP contribution in [0.4, 0.5) is 5.82 Å². The molecule has 0 radical (unpaired) electrons. The van der Waals surface area contributed by atoms with Crippen LogP contribution in [0.25, 0.3) is 10.9 Å². The molecule has 3 aromatic rings. The van der Waals surface area contributed by atoms with Gasteiger partial charge >= 0.3 is 0 Å². The molecular weight excluding hydrogens is 330 g/mol. The van der Waals surface area contributed by atoms with Crippen LogP contribution < -0.4 is 10.9 Å². The van der Waals surface area contributed by atoms with E-state index in [0.29, 0.717) is 30.6 Å². The van der Waals surface area contributed by atoms with Crippen LogP contribution in [0, 0.1) is 6.92 Å². The molecule has 7 heteroatoms. The highest BCUT2D eigenvalue weighted by Crippen LogP contribution is 2.14. The molecule has 1 amide bonds. The fraction of sp³-hybridized carbons (Fsp3) is 0.368. The highest BCUT2D eigenvalue weighted by molar-refractivity contribution is 5.89. The molecule has 0 aliphatic heterocycles. The second-order valence-corrected chi connectivity index (χ2v) is 6.62. The fourth-order valence-corrected chi connectivity index (χ4v) is 2.94. The molecule has 0 saturated carbocycles. The van der Waals surface area contributed by atoms with Crippen molar-refractivity contribution in [3.05, 3.63) is 52.7 Å². The Morgan fingerprint density at radius 2 is 2.08 bits per heavy atom. The first-order valence-electron chi connectivity index (χ1n) is 8.75. The lowest BCUT2D eigenvalue weighted by Crippen LogP contribution is -2.22. The maximum absolute atomic E-state index is 12.5. The van der Waals surface area contributed by atoms with Gasteiger partial charge in [-0.2, -0.15) is 5.10 Å². The Hall–Kier alpha value is -2.96. The largest absolute Gasteiger partial charge is 0.311 e. The second-order valence-electron chi connectivity index (χ2n) is 6.62. The zero-order valence-corrected chi connectivity index (χ0v) is 15.3. The number of benzene rings is 1. The van der Waals surface area contributed by atoms with Crippen molar-refractivity contribution >= 4 is 22.6 Å². The summed E-state index contributed by atoms with van der Waals surface area (Å²) in [6.07, 6.45) is 4.10. The Morgan fingerprint density at radius 3 is 2.85 bits per heavy atom. The molecule has 7 nitrogen and oxygen atoms in total. The lowest BCUT2D eigenvalue weighted by Gasteiger charge is -2.12. The van der Waals surface area contributed by atoms with Crippen molar-refractivity contribution in [1.29, 1.82) is 0 Å². The number of nitrogens with zero attached hydrogens (tertiary/aromatic N) is 4. The Labute approximate surface area is 151 Å². The van der Waals surface area contributed by atoms with Crippen LogP contribution in [0.1, 0.15) is 38.3 Å². The predicted molar refractivity (Wildman–Crippen MR) is 101 cm³/mol. The number of fused-ring (bicyclic) bond motifs is 1. The van der Waals surface area contributed by atoms with Gasteiger partial charge in [-0.25, -0.2) is 9.67 Å². The summed E-state index contributed by atoms with van der Waals surface area (Å²) in [4.78, 5) is 29.1. The molecule has 26 heavy (non-hydrogen) atoms. The molecule has 1 N–H and O–H groups in total. The molecule has 0 bridgehead atoms. The number of hydrogen-bond acceptors (Lipinski definition) is 4. The average Bonchev–Trinajstić information content (AvgIpc) is 3.06. The third-order valence-corrected chi connectivity index (χ3v) is 4.29. The van der Waals surface area contributed by atoms with E-state index < -0.39 is 0 Å². The lowest BCUT2D eigenvalue weighted by molar-refractivity contribution is -0.116. The molecule has 0 saturated heterocycles. The first-order valence-corrected chi connectivity index (χ1v) is 8.75. The number of rotatable bonds is 6. The minimum atomic E-state index is -0.0926. The SMILES string of the molecule is Cc1cccc2c(=O)n(CCCC(=O)Nc3ccnn3C(C)C)cnc12. The first-order chi connectivity index (χ1) is 12.5. The van der Waals surface area contributed by atoms with Gasteiger partial charge in [0.2, 0.25) is 5.91 Å². The quantitative estimate of drug-likeness (QED) is 0.739. The van der Waals surface area contributed by atoms with E-state index in [9.17, 15) is 9.59 Å². The molecule has 1 aromatic carbocycles. The van der Waals surface area contributed by atoms with E-state index in [1.54, 1.807) is 33.9 Å². The highest BCUT2D eigenvalue weighted by Gasteiger charge is 2.10. The lowest BCUT2D eigenvalue weighted by atomic mass is 10.1. The monoisotopic (exact) mass is 353 g/mol. The number of aryl methyl sites for hydroxylation is 2. The van der Waals surface area contributed by atoms with Crippen LogP contribution in [-0.2, 0) is 11.3 Å². The van der Waals surface area contributed by atoms with Crippen molar-refractivity contribution in [2.75, 3.05) is 5.32 Å². The van der Waals surface area contributed by atoms with Gasteiger partial charge in [-0.1, -0.05) is 12.1 Å². The van der Waals surface area contributed by atoms with Crippen LogP contribution >= 0.6 is 0 Å². The third kappa shape index (κ3) is 3.66. The molecule has 0 unspecified atom stereocenters.